The van der Waals surface area contributed by atoms with Gasteiger partial charge in [-0.15, -0.1) is 0 Å². The van der Waals surface area contributed by atoms with Crippen LogP contribution < -0.4 is 5.32 Å². The standard InChI is InChI=1S/C21H30ClN3O5S/c1-21(2,3)20(27)24-8-4-5-15(14-24)19(26)23-16-6-7-17(22)18(13-16)31(28,29)25-9-11-30-12-10-25/h6-7,13,15H,4-5,8-12,14H2,1-3H3,(H,23,26). The molecule has 1 atom stereocenters. The maximum absolute atomic E-state index is 13.0. The molecule has 1 N–H and O–H groups in total. The highest BCUT2D eigenvalue weighted by molar-refractivity contribution is 7.89. The van der Waals surface area contributed by atoms with Crippen molar-refractivity contribution in [2.24, 2.45) is 11.3 Å². The maximum Gasteiger partial charge on any atom is 0.244 e. The summed E-state index contributed by atoms with van der Waals surface area (Å²) in [5.41, 5.74) is -0.141. The van der Waals surface area contributed by atoms with Crippen molar-refractivity contribution < 1.29 is 22.7 Å². The van der Waals surface area contributed by atoms with E-state index in [2.05, 4.69) is 5.32 Å². The van der Waals surface area contributed by atoms with Crippen LogP contribution in [0.3, 0.4) is 0 Å². The maximum atomic E-state index is 13.0. The van der Waals surface area contributed by atoms with Crippen molar-refractivity contribution in [3.8, 4) is 0 Å². The van der Waals surface area contributed by atoms with Crippen molar-refractivity contribution in [1.82, 2.24) is 9.21 Å². The van der Waals surface area contributed by atoms with Crippen LogP contribution in [0.25, 0.3) is 0 Å². The Morgan fingerprint density at radius 3 is 2.48 bits per heavy atom. The normalized spacial score (nSPS) is 21.0. The van der Waals surface area contributed by atoms with Gasteiger partial charge in [0.1, 0.15) is 4.90 Å². The number of rotatable bonds is 4. The molecule has 0 bridgehead atoms. The van der Waals surface area contributed by atoms with E-state index < -0.39 is 15.4 Å². The van der Waals surface area contributed by atoms with Gasteiger partial charge in [-0.2, -0.15) is 4.31 Å². The fourth-order valence-electron chi connectivity index (χ4n) is 3.80. The molecule has 0 saturated carbocycles. The number of amides is 2. The topological polar surface area (TPSA) is 96.0 Å². The third kappa shape index (κ3) is 5.58. The molecular formula is C21H30ClN3O5S. The number of piperidine rings is 1. The number of carbonyl (C=O) groups excluding carboxylic acids is 2. The quantitative estimate of drug-likeness (QED) is 0.728. The van der Waals surface area contributed by atoms with Gasteiger partial charge in [0.15, 0.2) is 0 Å². The first kappa shape index (κ1) is 24.0. The highest BCUT2D eigenvalue weighted by Crippen LogP contribution is 2.29. The zero-order valence-electron chi connectivity index (χ0n) is 18.2. The Bertz CT molecular complexity index is 939. The van der Waals surface area contributed by atoms with Crippen LogP contribution in [-0.2, 0) is 24.3 Å². The van der Waals surface area contributed by atoms with Crippen LogP contribution in [0.2, 0.25) is 5.02 Å². The van der Waals surface area contributed by atoms with Crippen molar-refractivity contribution in [2.45, 2.75) is 38.5 Å². The molecule has 1 aromatic carbocycles. The van der Waals surface area contributed by atoms with Crippen LogP contribution >= 0.6 is 11.6 Å². The number of anilines is 1. The number of likely N-dealkylation sites (tertiary alicyclic amines) is 1. The van der Waals surface area contributed by atoms with Crippen LogP contribution in [0.5, 0.6) is 0 Å². The summed E-state index contributed by atoms with van der Waals surface area (Å²) in [5, 5.41) is 2.91. The molecule has 8 nitrogen and oxygen atoms in total. The Labute approximate surface area is 188 Å². The number of carbonyl (C=O) groups is 2. The number of hydrogen-bond donors (Lipinski definition) is 1. The van der Waals surface area contributed by atoms with E-state index in [1.54, 1.807) is 11.0 Å². The first-order chi connectivity index (χ1) is 14.5. The SMILES string of the molecule is CC(C)(C)C(=O)N1CCCC(C(=O)Nc2ccc(Cl)c(S(=O)(=O)N3CCOCC3)c2)C1. The zero-order chi connectivity index (χ0) is 22.8. The predicted molar refractivity (Wildman–Crippen MR) is 118 cm³/mol. The second-order valence-corrected chi connectivity index (χ2v) is 11.3. The minimum atomic E-state index is -3.80. The molecule has 2 aliphatic heterocycles. The van der Waals surface area contributed by atoms with Crippen molar-refractivity contribution in [3.63, 3.8) is 0 Å². The molecule has 31 heavy (non-hydrogen) atoms. The monoisotopic (exact) mass is 471 g/mol. The molecule has 2 heterocycles. The molecule has 0 aliphatic carbocycles. The minimum absolute atomic E-state index is 0.0235. The van der Waals surface area contributed by atoms with Crippen LogP contribution in [0.4, 0.5) is 5.69 Å². The molecular weight excluding hydrogens is 442 g/mol. The average Bonchev–Trinajstić information content (AvgIpc) is 2.74. The van der Waals surface area contributed by atoms with Crippen molar-refractivity contribution >= 4 is 39.1 Å². The summed E-state index contributed by atoms with van der Waals surface area (Å²) in [6.45, 7) is 7.77. The van der Waals surface area contributed by atoms with Crippen molar-refractivity contribution in [3.05, 3.63) is 23.2 Å². The molecule has 2 fully saturated rings. The number of nitrogens with one attached hydrogen (secondary N) is 1. The Morgan fingerprint density at radius 1 is 1.16 bits per heavy atom. The van der Waals surface area contributed by atoms with E-state index in [1.165, 1.54) is 16.4 Å². The molecule has 2 aliphatic rings. The summed E-state index contributed by atoms with van der Waals surface area (Å²) in [4.78, 5) is 27.2. The van der Waals surface area contributed by atoms with Crippen LogP contribution in [-0.4, -0.2) is 68.8 Å². The predicted octanol–water partition coefficient (Wildman–Crippen LogP) is 2.58. The van der Waals surface area contributed by atoms with Gasteiger partial charge in [-0.05, 0) is 31.0 Å². The van der Waals surface area contributed by atoms with E-state index in [0.717, 1.165) is 6.42 Å². The summed E-state index contributed by atoms with van der Waals surface area (Å²) in [5.74, 6) is -0.561. The zero-order valence-corrected chi connectivity index (χ0v) is 19.8. The van der Waals surface area contributed by atoms with E-state index in [1.807, 2.05) is 20.8 Å². The molecule has 1 unspecified atom stereocenters. The fraction of sp³-hybridized carbons (Fsp3) is 0.619. The number of nitrogens with zero attached hydrogens (tertiary/aromatic N) is 2. The summed E-state index contributed by atoms with van der Waals surface area (Å²) in [6.07, 6.45) is 1.42. The summed E-state index contributed by atoms with van der Waals surface area (Å²) < 4.78 is 32.5. The highest BCUT2D eigenvalue weighted by atomic mass is 35.5. The van der Waals surface area contributed by atoms with Gasteiger partial charge in [-0.1, -0.05) is 32.4 Å². The van der Waals surface area contributed by atoms with E-state index >= 15 is 0 Å². The van der Waals surface area contributed by atoms with Gasteiger partial charge in [0.25, 0.3) is 0 Å². The molecule has 2 saturated heterocycles. The van der Waals surface area contributed by atoms with Gasteiger partial charge in [0, 0.05) is 37.3 Å². The lowest BCUT2D eigenvalue weighted by Crippen LogP contribution is -2.47. The van der Waals surface area contributed by atoms with Crippen molar-refractivity contribution in [2.75, 3.05) is 44.7 Å². The first-order valence-electron chi connectivity index (χ1n) is 10.5. The molecule has 2 amide bonds. The molecule has 172 valence electrons. The third-order valence-corrected chi connectivity index (χ3v) is 7.89. The lowest BCUT2D eigenvalue weighted by molar-refractivity contribution is -0.142. The van der Waals surface area contributed by atoms with Gasteiger partial charge in [0.2, 0.25) is 21.8 Å². The lowest BCUT2D eigenvalue weighted by Gasteiger charge is -2.35. The molecule has 0 spiro atoms. The van der Waals surface area contributed by atoms with Gasteiger partial charge < -0.3 is 15.0 Å². The van der Waals surface area contributed by atoms with Crippen LogP contribution in [0.1, 0.15) is 33.6 Å². The van der Waals surface area contributed by atoms with E-state index in [4.69, 9.17) is 16.3 Å². The molecule has 0 radical (unpaired) electrons. The largest absolute Gasteiger partial charge is 0.379 e. The van der Waals surface area contributed by atoms with Crippen LogP contribution in [0.15, 0.2) is 23.1 Å². The first-order valence-corrected chi connectivity index (χ1v) is 12.3. The molecule has 1 aromatic rings. The van der Waals surface area contributed by atoms with E-state index in [-0.39, 0.29) is 40.7 Å². The molecule has 0 aromatic heterocycles. The third-order valence-electron chi connectivity index (χ3n) is 5.51. The van der Waals surface area contributed by atoms with Gasteiger partial charge in [0.05, 0.1) is 24.2 Å². The highest BCUT2D eigenvalue weighted by Gasteiger charge is 2.34. The number of benzene rings is 1. The van der Waals surface area contributed by atoms with E-state index in [9.17, 15) is 18.0 Å². The molecule has 10 heteroatoms. The number of sulfonamides is 1. The summed E-state index contributed by atoms with van der Waals surface area (Å²) >= 11 is 6.19. The number of hydrogen-bond acceptors (Lipinski definition) is 5. The smallest absolute Gasteiger partial charge is 0.244 e. The number of ether oxygens (including phenoxy) is 1. The molecule has 3 rings (SSSR count). The van der Waals surface area contributed by atoms with Gasteiger partial charge >= 0.3 is 0 Å². The van der Waals surface area contributed by atoms with Crippen LogP contribution in [0, 0.1) is 11.3 Å². The Balaban J connectivity index is 1.73. The average molecular weight is 472 g/mol. The Kier molecular flexibility index (Phi) is 7.30. The van der Waals surface area contributed by atoms with Gasteiger partial charge in [-0.25, -0.2) is 8.42 Å². The fourth-order valence-corrected chi connectivity index (χ4v) is 5.71. The second kappa shape index (κ2) is 9.44. The second-order valence-electron chi connectivity index (χ2n) is 8.99. The summed E-state index contributed by atoms with van der Waals surface area (Å²) in [7, 11) is -3.80. The minimum Gasteiger partial charge on any atom is -0.379 e. The van der Waals surface area contributed by atoms with E-state index in [0.29, 0.717) is 38.4 Å². The Hall–Kier alpha value is -1.68. The lowest BCUT2D eigenvalue weighted by atomic mass is 9.91. The summed E-state index contributed by atoms with van der Waals surface area (Å²) in [6, 6.07) is 4.45. The van der Waals surface area contributed by atoms with Gasteiger partial charge in [-0.3, -0.25) is 9.59 Å². The Morgan fingerprint density at radius 2 is 1.84 bits per heavy atom. The number of halogens is 1. The van der Waals surface area contributed by atoms with Crippen molar-refractivity contribution in [1.29, 1.82) is 0 Å². The number of morpholine rings is 1.